The Hall–Kier alpha value is -3.41. The van der Waals surface area contributed by atoms with Gasteiger partial charge in [0.25, 0.3) is 0 Å². The fourth-order valence-electron chi connectivity index (χ4n) is 3.19. The van der Waals surface area contributed by atoms with E-state index in [2.05, 4.69) is 26.7 Å². The Labute approximate surface area is 157 Å². The van der Waals surface area contributed by atoms with Gasteiger partial charge in [-0.25, -0.2) is 4.68 Å². The maximum absolute atomic E-state index is 5.29. The summed E-state index contributed by atoms with van der Waals surface area (Å²) in [7, 11) is 1.67. The van der Waals surface area contributed by atoms with Gasteiger partial charge in [-0.15, -0.1) is 10.2 Å². The van der Waals surface area contributed by atoms with Crippen molar-refractivity contribution >= 4 is 16.6 Å². The number of hydrogen-bond acceptors (Lipinski definition) is 5. The van der Waals surface area contributed by atoms with Crippen molar-refractivity contribution in [1.29, 1.82) is 0 Å². The first kappa shape index (κ1) is 17.0. The Morgan fingerprint density at radius 2 is 1.78 bits per heavy atom. The second-order valence-corrected chi connectivity index (χ2v) is 6.46. The van der Waals surface area contributed by atoms with E-state index in [1.54, 1.807) is 7.11 Å². The number of benzene rings is 2. The number of fused-ring (bicyclic) bond motifs is 1. The molecule has 136 valence electrons. The standard InChI is InChI=1S/C21H21N5O/c1-14-11-15(2)26(25-14)21-19-10-5-4-9-18(19)20(23-24-21)22-13-16-7-6-8-17(12-16)27-3/h4-12H,13H2,1-3H3,(H,22,23). The summed E-state index contributed by atoms with van der Waals surface area (Å²) in [6.45, 7) is 4.63. The maximum atomic E-state index is 5.29. The molecule has 2 aromatic carbocycles. The highest BCUT2D eigenvalue weighted by Crippen LogP contribution is 2.26. The van der Waals surface area contributed by atoms with Crippen molar-refractivity contribution in [2.75, 3.05) is 12.4 Å². The Morgan fingerprint density at radius 3 is 2.52 bits per heavy atom. The summed E-state index contributed by atoms with van der Waals surface area (Å²) >= 11 is 0. The van der Waals surface area contributed by atoms with Gasteiger partial charge in [-0.05, 0) is 37.6 Å². The van der Waals surface area contributed by atoms with Crippen LogP contribution in [0.25, 0.3) is 16.6 Å². The highest BCUT2D eigenvalue weighted by molar-refractivity contribution is 5.95. The monoisotopic (exact) mass is 359 g/mol. The normalized spacial score (nSPS) is 10.9. The molecule has 0 amide bonds. The molecule has 1 N–H and O–H groups in total. The van der Waals surface area contributed by atoms with Crippen LogP contribution in [0.15, 0.2) is 54.6 Å². The van der Waals surface area contributed by atoms with E-state index in [0.29, 0.717) is 6.54 Å². The summed E-state index contributed by atoms with van der Waals surface area (Å²) in [5.41, 5.74) is 3.10. The van der Waals surface area contributed by atoms with E-state index in [1.165, 1.54) is 0 Å². The molecule has 2 aromatic heterocycles. The highest BCUT2D eigenvalue weighted by Gasteiger charge is 2.13. The molecule has 0 fully saturated rings. The maximum Gasteiger partial charge on any atom is 0.183 e. The quantitative estimate of drug-likeness (QED) is 0.582. The van der Waals surface area contributed by atoms with Crippen LogP contribution in [0.4, 0.5) is 5.82 Å². The van der Waals surface area contributed by atoms with Gasteiger partial charge in [0, 0.05) is 23.0 Å². The van der Waals surface area contributed by atoms with E-state index in [9.17, 15) is 0 Å². The predicted octanol–water partition coefficient (Wildman–Crippen LogP) is 4.05. The fraction of sp³-hybridized carbons (Fsp3) is 0.190. The van der Waals surface area contributed by atoms with E-state index in [-0.39, 0.29) is 0 Å². The lowest BCUT2D eigenvalue weighted by Crippen LogP contribution is -2.08. The number of aromatic nitrogens is 4. The first-order valence-corrected chi connectivity index (χ1v) is 8.81. The van der Waals surface area contributed by atoms with Crippen LogP contribution in [-0.2, 0) is 6.54 Å². The predicted molar refractivity (Wildman–Crippen MR) is 106 cm³/mol. The van der Waals surface area contributed by atoms with Crippen LogP contribution in [0.1, 0.15) is 17.0 Å². The fourth-order valence-corrected chi connectivity index (χ4v) is 3.19. The zero-order chi connectivity index (χ0) is 18.8. The smallest absolute Gasteiger partial charge is 0.183 e. The van der Waals surface area contributed by atoms with Crippen LogP contribution in [0.5, 0.6) is 5.75 Å². The molecular formula is C21H21N5O. The zero-order valence-electron chi connectivity index (χ0n) is 15.6. The Morgan fingerprint density at radius 1 is 0.963 bits per heavy atom. The molecule has 0 aliphatic heterocycles. The van der Waals surface area contributed by atoms with Crippen molar-refractivity contribution in [3.63, 3.8) is 0 Å². The molecule has 0 unspecified atom stereocenters. The number of nitrogens with zero attached hydrogens (tertiary/aromatic N) is 4. The number of methoxy groups -OCH3 is 1. The SMILES string of the molecule is COc1cccc(CNc2nnc(-n3nc(C)cc3C)c3ccccc23)c1. The zero-order valence-corrected chi connectivity index (χ0v) is 15.6. The molecular weight excluding hydrogens is 338 g/mol. The number of hydrogen-bond donors (Lipinski definition) is 1. The summed E-state index contributed by atoms with van der Waals surface area (Å²) < 4.78 is 7.13. The highest BCUT2D eigenvalue weighted by atomic mass is 16.5. The topological polar surface area (TPSA) is 64.9 Å². The number of ether oxygens (including phenoxy) is 1. The lowest BCUT2D eigenvalue weighted by Gasteiger charge is -2.12. The Balaban J connectivity index is 1.70. The Kier molecular flexibility index (Phi) is 4.46. The van der Waals surface area contributed by atoms with Gasteiger partial charge in [0.2, 0.25) is 0 Å². The van der Waals surface area contributed by atoms with Gasteiger partial charge in [-0.2, -0.15) is 5.10 Å². The van der Waals surface area contributed by atoms with Crippen molar-refractivity contribution in [3.05, 3.63) is 71.5 Å². The molecule has 2 heterocycles. The van der Waals surface area contributed by atoms with Gasteiger partial charge in [0.15, 0.2) is 11.6 Å². The van der Waals surface area contributed by atoms with Crippen LogP contribution < -0.4 is 10.1 Å². The van der Waals surface area contributed by atoms with Gasteiger partial charge in [-0.3, -0.25) is 0 Å². The summed E-state index contributed by atoms with van der Waals surface area (Å²) in [6.07, 6.45) is 0. The van der Waals surface area contributed by atoms with Crippen LogP contribution in [0.2, 0.25) is 0 Å². The lowest BCUT2D eigenvalue weighted by atomic mass is 10.1. The van der Waals surface area contributed by atoms with E-state index in [4.69, 9.17) is 4.74 Å². The molecule has 6 heteroatoms. The number of aryl methyl sites for hydroxylation is 2. The van der Waals surface area contributed by atoms with Gasteiger partial charge < -0.3 is 10.1 Å². The number of anilines is 1. The summed E-state index contributed by atoms with van der Waals surface area (Å²) in [4.78, 5) is 0. The van der Waals surface area contributed by atoms with Crippen molar-refractivity contribution < 1.29 is 4.74 Å². The molecule has 0 spiro atoms. The van der Waals surface area contributed by atoms with E-state index in [1.807, 2.05) is 67.1 Å². The largest absolute Gasteiger partial charge is 0.497 e. The summed E-state index contributed by atoms with van der Waals surface area (Å²) in [6, 6.07) is 18.1. The van der Waals surface area contributed by atoms with E-state index >= 15 is 0 Å². The van der Waals surface area contributed by atoms with E-state index < -0.39 is 0 Å². The van der Waals surface area contributed by atoms with Crippen LogP contribution in [0, 0.1) is 13.8 Å². The number of rotatable bonds is 5. The van der Waals surface area contributed by atoms with Gasteiger partial charge in [-0.1, -0.05) is 36.4 Å². The molecule has 0 bridgehead atoms. The van der Waals surface area contributed by atoms with Gasteiger partial charge >= 0.3 is 0 Å². The third-order valence-electron chi connectivity index (χ3n) is 4.47. The molecule has 4 aromatic rings. The van der Waals surface area contributed by atoms with Crippen LogP contribution in [-0.4, -0.2) is 27.1 Å². The molecule has 6 nitrogen and oxygen atoms in total. The molecule has 0 atom stereocenters. The number of nitrogens with one attached hydrogen (secondary N) is 1. The third-order valence-corrected chi connectivity index (χ3v) is 4.47. The van der Waals surface area contributed by atoms with E-state index in [0.717, 1.165) is 45.1 Å². The average molecular weight is 359 g/mol. The molecule has 0 radical (unpaired) electrons. The van der Waals surface area contributed by atoms with Crippen LogP contribution in [0.3, 0.4) is 0 Å². The van der Waals surface area contributed by atoms with Gasteiger partial charge in [0.05, 0.1) is 12.8 Å². The first-order chi connectivity index (χ1) is 13.2. The second-order valence-electron chi connectivity index (χ2n) is 6.46. The Bertz CT molecular complexity index is 1100. The minimum atomic E-state index is 0.634. The first-order valence-electron chi connectivity index (χ1n) is 8.81. The lowest BCUT2D eigenvalue weighted by molar-refractivity contribution is 0.414. The summed E-state index contributed by atoms with van der Waals surface area (Å²) in [5, 5.41) is 18.9. The molecule has 0 saturated carbocycles. The molecule has 4 rings (SSSR count). The van der Waals surface area contributed by atoms with Crippen molar-refractivity contribution in [1.82, 2.24) is 20.0 Å². The minimum absolute atomic E-state index is 0.634. The molecule has 0 saturated heterocycles. The third kappa shape index (κ3) is 3.33. The molecule has 0 aliphatic carbocycles. The molecule has 27 heavy (non-hydrogen) atoms. The van der Waals surface area contributed by atoms with Crippen molar-refractivity contribution in [3.8, 4) is 11.6 Å². The van der Waals surface area contributed by atoms with Gasteiger partial charge in [0.1, 0.15) is 5.75 Å². The second kappa shape index (κ2) is 7.07. The van der Waals surface area contributed by atoms with Crippen molar-refractivity contribution in [2.45, 2.75) is 20.4 Å². The average Bonchev–Trinajstić information content (AvgIpc) is 3.04. The molecule has 0 aliphatic rings. The van der Waals surface area contributed by atoms with Crippen LogP contribution >= 0.6 is 0 Å². The minimum Gasteiger partial charge on any atom is -0.497 e. The van der Waals surface area contributed by atoms with Crippen molar-refractivity contribution in [2.24, 2.45) is 0 Å². The summed E-state index contributed by atoms with van der Waals surface area (Å²) in [5.74, 6) is 2.33.